The highest BCUT2D eigenvalue weighted by molar-refractivity contribution is 4.70. The topological polar surface area (TPSA) is 0 Å². The maximum absolute atomic E-state index is 2.41. The second kappa shape index (κ2) is 9.07. The molecule has 0 amide bonds. The van der Waals surface area contributed by atoms with E-state index in [0.717, 1.165) is 23.7 Å². The molecule has 98 valence electrons. The minimum atomic E-state index is 0.861. The number of hydrogen-bond acceptors (Lipinski definition) is 0. The van der Waals surface area contributed by atoms with Gasteiger partial charge in [0.1, 0.15) is 0 Å². The Morgan fingerprint density at radius 1 is 0.812 bits per heavy atom. The van der Waals surface area contributed by atoms with Crippen LogP contribution < -0.4 is 0 Å². The van der Waals surface area contributed by atoms with Crippen molar-refractivity contribution in [1.82, 2.24) is 0 Å². The first-order valence-electron chi connectivity index (χ1n) is 7.54. The highest BCUT2D eigenvalue weighted by atomic mass is 14.3. The largest absolute Gasteiger partial charge is 0.0654 e. The van der Waals surface area contributed by atoms with Gasteiger partial charge in [-0.3, -0.25) is 0 Å². The summed E-state index contributed by atoms with van der Waals surface area (Å²) in [4.78, 5) is 0. The molecule has 0 aliphatic carbocycles. The van der Waals surface area contributed by atoms with Crippen LogP contribution in [-0.2, 0) is 0 Å². The molecule has 16 heavy (non-hydrogen) atoms. The fraction of sp³-hybridized carbons (Fsp3) is 1.00. The first-order valence-corrected chi connectivity index (χ1v) is 7.54. The van der Waals surface area contributed by atoms with Gasteiger partial charge in [0.25, 0.3) is 0 Å². The zero-order chi connectivity index (χ0) is 12.6. The van der Waals surface area contributed by atoms with Crippen molar-refractivity contribution in [3.63, 3.8) is 0 Å². The first kappa shape index (κ1) is 16.0. The van der Waals surface area contributed by atoms with E-state index in [9.17, 15) is 0 Å². The Bertz CT molecular complexity index is 148. The van der Waals surface area contributed by atoms with E-state index in [2.05, 4.69) is 41.5 Å². The molecule has 3 atom stereocenters. The Labute approximate surface area is 104 Å². The Morgan fingerprint density at radius 2 is 1.44 bits per heavy atom. The minimum Gasteiger partial charge on any atom is -0.0654 e. The third-order valence-corrected chi connectivity index (χ3v) is 4.26. The molecule has 0 nitrogen and oxygen atoms in total. The average molecular weight is 226 g/mol. The number of rotatable bonds is 9. The van der Waals surface area contributed by atoms with Crippen LogP contribution in [-0.4, -0.2) is 0 Å². The summed E-state index contributed by atoms with van der Waals surface area (Å²) >= 11 is 0. The molecule has 0 saturated carbocycles. The van der Waals surface area contributed by atoms with Gasteiger partial charge in [0.2, 0.25) is 0 Å². The molecule has 0 heteroatoms. The summed E-state index contributed by atoms with van der Waals surface area (Å²) in [6.45, 7) is 14.2. The van der Waals surface area contributed by atoms with Crippen LogP contribution in [0.15, 0.2) is 0 Å². The fourth-order valence-corrected chi connectivity index (χ4v) is 2.65. The minimum absolute atomic E-state index is 0.861. The summed E-state index contributed by atoms with van der Waals surface area (Å²) < 4.78 is 0. The van der Waals surface area contributed by atoms with Gasteiger partial charge in [-0.2, -0.15) is 0 Å². The average Bonchev–Trinajstić information content (AvgIpc) is 2.26. The molecule has 0 aliphatic heterocycles. The third-order valence-electron chi connectivity index (χ3n) is 4.26. The first-order chi connectivity index (χ1) is 7.54. The lowest BCUT2D eigenvalue weighted by molar-refractivity contribution is 0.235. The van der Waals surface area contributed by atoms with Crippen LogP contribution in [0.2, 0.25) is 0 Å². The molecule has 0 aromatic heterocycles. The van der Waals surface area contributed by atoms with Crippen molar-refractivity contribution in [1.29, 1.82) is 0 Å². The molecule has 0 rings (SSSR count). The van der Waals surface area contributed by atoms with Gasteiger partial charge in [0.15, 0.2) is 0 Å². The summed E-state index contributed by atoms with van der Waals surface area (Å²) in [7, 11) is 0. The van der Waals surface area contributed by atoms with E-state index >= 15 is 0 Å². The summed E-state index contributed by atoms with van der Waals surface area (Å²) in [5, 5.41) is 0. The van der Waals surface area contributed by atoms with Crippen LogP contribution in [0.4, 0.5) is 0 Å². The summed E-state index contributed by atoms with van der Waals surface area (Å²) in [5.74, 6) is 3.69. The lowest BCUT2D eigenvalue weighted by Gasteiger charge is -2.28. The van der Waals surface area contributed by atoms with Gasteiger partial charge in [-0.15, -0.1) is 0 Å². The lowest BCUT2D eigenvalue weighted by Crippen LogP contribution is -2.17. The van der Waals surface area contributed by atoms with E-state index < -0.39 is 0 Å². The molecule has 0 radical (unpaired) electrons. The zero-order valence-electron chi connectivity index (χ0n) is 12.6. The third kappa shape index (κ3) is 6.55. The molecule has 0 heterocycles. The van der Waals surface area contributed by atoms with Crippen molar-refractivity contribution in [2.45, 2.75) is 80.1 Å². The highest BCUT2D eigenvalue weighted by Gasteiger charge is 2.19. The Morgan fingerprint density at radius 3 is 1.81 bits per heavy atom. The van der Waals surface area contributed by atoms with Gasteiger partial charge >= 0.3 is 0 Å². The smallest absolute Gasteiger partial charge is 0.0386 e. The van der Waals surface area contributed by atoms with E-state index in [0.29, 0.717) is 0 Å². The van der Waals surface area contributed by atoms with Gasteiger partial charge in [0.05, 0.1) is 0 Å². The Balaban J connectivity index is 4.19. The highest BCUT2D eigenvalue weighted by Crippen LogP contribution is 2.31. The predicted octanol–water partition coefficient (Wildman–Crippen LogP) is 5.91. The summed E-state index contributed by atoms with van der Waals surface area (Å²) in [6.07, 6.45) is 8.40. The fourth-order valence-electron chi connectivity index (χ4n) is 2.65. The molecule has 0 spiro atoms. The SMILES string of the molecule is CCCC(CC)CC(CC(C)CC)C(C)C. The van der Waals surface area contributed by atoms with Crippen molar-refractivity contribution < 1.29 is 0 Å². The molecule has 0 N–H and O–H groups in total. The molecule has 0 bridgehead atoms. The molecule has 0 aromatic rings. The lowest BCUT2D eigenvalue weighted by atomic mass is 9.78. The molecular formula is C16H34. The molecule has 0 aliphatic rings. The normalized spacial score (nSPS) is 17.4. The Hall–Kier alpha value is 0. The second-order valence-corrected chi connectivity index (χ2v) is 6.05. The standard InChI is InChI=1S/C16H34/c1-7-10-15(9-3)12-16(13(4)5)11-14(6)8-2/h13-16H,7-12H2,1-6H3. The maximum atomic E-state index is 2.41. The van der Waals surface area contributed by atoms with Gasteiger partial charge in [-0.1, -0.05) is 67.2 Å². The maximum Gasteiger partial charge on any atom is -0.0386 e. The second-order valence-electron chi connectivity index (χ2n) is 6.05. The van der Waals surface area contributed by atoms with E-state index in [1.54, 1.807) is 0 Å². The van der Waals surface area contributed by atoms with Gasteiger partial charge in [-0.05, 0) is 36.5 Å². The van der Waals surface area contributed by atoms with Crippen molar-refractivity contribution in [3.05, 3.63) is 0 Å². The molecule has 0 fully saturated rings. The van der Waals surface area contributed by atoms with Crippen molar-refractivity contribution in [2.24, 2.45) is 23.7 Å². The Kier molecular flexibility index (Phi) is 9.07. The van der Waals surface area contributed by atoms with Gasteiger partial charge < -0.3 is 0 Å². The van der Waals surface area contributed by atoms with Crippen molar-refractivity contribution in [2.75, 3.05) is 0 Å². The van der Waals surface area contributed by atoms with Gasteiger partial charge in [0, 0.05) is 0 Å². The molecule has 3 unspecified atom stereocenters. The van der Waals surface area contributed by atoms with E-state index in [1.807, 2.05) is 0 Å². The predicted molar refractivity (Wildman–Crippen MR) is 75.7 cm³/mol. The van der Waals surface area contributed by atoms with E-state index in [1.165, 1.54) is 38.5 Å². The molecule has 0 aromatic carbocycles. The quantitative estimate of drug-likeness (QED) is 0.458. The van der Waals surface area contributed by atoms with Crippen LogP contribution in [0.5, 0.6) is 0 Å². The zero-order valence-corrected chi connectivity index (χ0v) is 12.6. The molecular weight excluding hydrogens is 192 g/mol. The van der Waals surface area contributed by atoms with E-state index in [4.69, 9.17) is 0 Å². The van der Waals surface area contributed by atoms with Crippen LogP contribution in [0.1, 0.15) is 80.1 Å². The van der Waals surface area contributed by atoms with Crippen LogP contribution in [0.25, 0.3) is 0 Å². The van der Waals surface area contributed by atoms with Crippen molar-refractivity contribution in [3.8, 4) is 0 Å². The van der Waals surface area contributed by atoms with E-state index in [-0.39, 0.29) is 0 Å². The van der Waals surface area contributed by atoms with Gasteiger partial charge in [-0.25, -0.2) is 0 Å². The van der Waals surface area contributed by atoms with Crippen LogP contribution >= 0.6 is 0 Å². The molecule has 0 saturated heterocycles. The monoisotopic (exact) mass is 226 g/mol. The van der Waals surface area contributed by atoms with Crippen molar-refractivity contribution >= 4 is 0 Å². The number of hydrogen-bond donors (Lipinski definition) is 0. The summed E-state index contributed by atoms with van der Waals surface area (Å²) in [5.41, 5.74) is 0. The van der Waals surface area contributed by atoms with Crippen LogP contribution in [0, 0.1) is 23.7 Å². The summed E-state index contributed by atoms with van der Waals surface area (Å²) in [6, 6.07) is 0. The van der Waals surface area contributed by atoms with Crippen LogP contribution in [0.3, 0.4) is 0 Å².